The Balaban J connectivity index is 0.000000219. The standard InChI is InChI=1S/2C22H25.2C21H23.2C2H4.2ClH.2Zr/c2*1-15(2)18-13-17-7-6-8-20(21(17)14-18)16-9-11-19(12-10-16)22(3,4)5;2*1-14-12-19-15(2)6-11-18(20(19)13-14)16-7-9-17(10-8-16)21(3,4)5;2*1-2;;;;/h2*6-15H,1-5H3;2*6-13H,1-5H3;2*1H,2H3;2*1H;;/q4*-1;;;;;2*+2/p-2. The Bertz CT molecular complexity index is 4080. The van der Waals surface area contributed by atoms with E-state index >= 15 is 0 Å². The van der Waals surface area contributed by atoms with Gasteiger partial charge in [-0.05, 0) is 78.0 Å². The smallest absolute Gasteiger partial charge is 0.0132 e. The molecule has 0 aliphatic rings. The molecule has 0 saturated heterocycles. The van der Waals surface area contributed by atoms with Gasteiger partial charge in [-0.25, -0.2) is 0 Å². The van der Waals surface area contributed by atoms with Crippen molar-refractivity contribution < 1.29 is 73.3 Å². The van der Waals surface area contributed by atoms with Crippen LogP contribution >= 0.6 is 0 Å². The Morgan fingerprint density at radius 3 is 0.798 bits per heavy atom. The van der Waals surface area contributed by atoms with Crippen molar-refractivity contribution in [2.75, 3.05) is 0 Å². The molecule has 12 aromatic carbocycles. The van der Waals surface area contributed by atoms with Crippen LogP contribution in [0.5, 0.6) is 0 Å². The van der Waals surface area contributed by atoms with Crippen LogP contribution in [0.2, 0.25) is 0 Å². The molecule has 0 radical (unpaired) electrons. The van der Waals surface area contributed by atoms with Crippen LogP contribution in [0.3, 0.4) is 0 Å². The van der Waals surface area contributed by atoms with Gasteiger partial charge in [-0.2, -0.15) is 24.3 Å². The molecular formula is C90H104Cl2Zr2-2. The van der Waals surface area contributed by atoms with Gasteiger partial charge in [0.15, 0.2) is 0 Å². The molecule has 0 aliphatic carbocycles. The summed E-state index contributed by atoms with van der Waals surface area (Å²) in [4.78, 5) is 0. The van der Waals surface area contributed by atoms with Gasteiger partial charge in [0.05, 0.1) is 0 Å². The van der Waals surface area contributed by atoms with Crippen molar-refractivity contribution in [3.05, 3.63) is 262 Å². The minimum Gasteiger partial charge on any atom is -1.00 e. The number of fused-ring (bicyclic) bond motifs is 4. The van der Waals surface area contributed by atoms with Crippen molar-refractivity contribution in [1.29, 1.82) is 0 Å². The van der Waals surface area contributed by atoms with Gasteiger partial charge in [0.25, 0.3) is 0 Å². The maximum Gasteiger partial charge on any atom is -0.0132 e. The maximum atomic E-state index is 2.35. The van der Waals surface area contributed by atoms with Crippen LogP contribution in [-0.2, 0) is 70.1 Å². The summed E-state index contributed by atoms with van der Waals surface area (Å²) in [6.45, 7) is 48.9. The second-order valence-corrected chi connectivity index (χ2v) is 32.8. The summed E-state index contributed by atoms with van der Waals surface area (Å²) in [6.07, 6.45) is 0. The van der Waals surface area contributed by atoms with Crippen molar-refractivity contribution >= 4 is 50.5 Å². The molecule has 12 rings (SSSR count). The number of halogens is 2. The minimum atomic E-state index is 0. The second-order valence-electron chi connectivity index (χ2n) is 30.0. The zero-order valence-corrected chi connectivity index (χ0v) is 67.1. The Kier molecular flexibility index (Phi) is 28.6. The molecule has 0 unspecified atom stereocenters. The second kappa shape index (κ2) is 34.0. The topological polar surface area (TPSA) is 0 Å². The van der Waals surface area contributed by atoms with Crippen molar-refractivity contribution in [1.82, 2.24) is 0 Å². The number of hydrogen-bond acceptors (Lipinski definition) is 0. The summed E-state index contributed by atoms with van der Waals surface area (Å²) >= 11 is 3.02. The molecule has 0 N–H and O–H groups in total. The van der Waals surface area contributed by atoms with Crippen LogP contribution in [0.1, 0.15) is 192 Å². The maximum absolute atomic E-state index is 2.35. The average molecular weight is 1440 g/mol. The molecule has 0 aliphatic heterocycles. The van der Waals surface area contributed by atoms with E-state index in [0.717, 1.165) is 0 Å². The number of aryl methyl sites for hydroxylation is 4. The first kappa shape index (κ1) is 79.0. The normalized spacial score (nSPS) is 11.4. The SMILES string of the molecule is CC(C)c1cc2c(-c3ccc(C(C)(C)C)cc3)cccc2[cH-]1.CC(C)c1cc2c(-c3ccc(C(C)(C)C)cc3)cccc2[cH-]1.C[CH]=[Zr+2].C[CH]=[Zr+2].Cc1cc2c(-c3ccc(C(C)(C)C)cc3)ccc(C)c2[cH-]1.Cc1cc2c(-c3ccc(C(C)(C)C)cc3)ccc(C)c2[cH-]1.[Cl-].[Cl-]. The molecule has 0 spiro atoms. The van der Waals surface area contributed by atoms with E-state index in [1.54, 1.807) is 0 Å². The van der Waals surface area contributed by atoms with Gasteiger partial charge < -0.3 is 24.8 Å². The van der Waals surface area contributed by atoms with E-state index in [4.69, 9.17) is 0 Å². The van der Waals surface area contributed by atoms with Gasteiger partial charge in [0, 0.05) is 0 Å². The molecular weight excluding hydrogens is 1330 g/mol. The van der Waals surface area contributed by atoms with E-state index in [1.807, 2.05) is 13.8 Å². The van der Waals surface area contributed by atoms with Gasteiger partial charge in [0.1, 0.15) is 0 Å². The van der Waals surface area contributed by atoms with E-state index in [-0.39, 0.29) is 46.5 Å². The summed E-state index contributed by atoms with van der Waals surface area (Å²) in [6, 6.07) is 76.9. The van der Waals surface area contributed by atoms with Gasteiger partial charge >= 0.3 is 69.7 Å². The molecule has 12 aromatic rings. The number of hydrogen-bond donors (Lipinski definition) is 0. The average Bonchev–Trinajstić information content (AvgIpc) is 1.59. The Hall–Kier alpha value is -5.71. The monoisotopic (exact) mass is 1430 g/mol. The fourth-order valence-corrected chi connectivity index (χ4v) is 12.0. The predicted molar refractivity (Wildman–Crippen MR) is 405 cm³/mol. The zero-order chi connectivity index (χ0) is 67.6. The number of rotatable bonds is 6. The molecule has 0 heterocycles. The van der Waals surface area contributed by atoms with Crippen LogP contribution in [-0.4, -0.2) is 7.42 Å². The fourth-order valence-electron chi connectivity index (χ4n) is 12.0. The van der Waals surface area contributed by atoms with Gasteiger partial charge in [0.2, 0.25) is 0 Å². The van der Waals surface area contributed by atoms with E-state index in [2.05, 4.69) is 352 Å². The zero-order valence-electron chi connectivity index (χ0n) is 60.7. The first-order valence-corrected chi connectivity index (χ1v) is 36.2. The first-order valence-electron chi connectivity index (χ1n) is 33.3. The van der Waals surface area contributed by atoms with Gasteiger partial charge in [-0.3, -0.25) is 0 Å². The molecule has 0 bridgehead atoms. The molecule has 0 amide bonds. The Morgan fingerprint density at radius 1 is 0.319 bits per heavy atom. The van der Waals surface area contributed by atoms with Crippen molar-refractivity contribution in [2.24, 2.45) is 0 Å². The van der Waals surface area contributed by atoms with Crippen LogP contribution in [0.25, 0.3) is 87.6 Å². The summed E-state index contributed by atoms with van der Waals surface area (Å²) < 4.78 is 4.18. The quantitative estimate of drug-likeness (QED) is 0.146. The van der Waals surface area contributed by atoms with Crippen LogP contribution < -0.4 is 24.8 Å². The van der Waals surface area contributed by atoms with Gasteiger partial charge in [-0.15, -0.1) is 137 Å². The molecule has 94 heavy (non-hydrogen) atoms. The van der Waals surface area contributed by atoms with E-state index in [9.17, 15) is 0 Å². The predicted octanol–water partition coefficient (Wildman–Crippen LogP) is 20.3. The fraction of sp³-hybridized carbons (Fsp3) is 0.311. The summed E-state index contributed by atoms with van der Waals surface area (Å²) in [5.74, 6) is 1.15. The Morgan fingerprint density at radius 2 is 0.564 bits per heavy atom. The van der Waals surface area contributed by atoms with Crippen molar-refractivity contribution in [3.63, 3.8) is 0 Å². The molecule has 0 nitrogen and oxygen atoms in total. The molecule has 4 heteroatoms. The molecule has 0 aromatic heterocycles. The third-order valence-corrected chi connectivity index (χ3v) is 17.6. The summed E-state index contributed by atoms with van der Waals surface area (Å²) in [5, 5.41) is 10.9. The molecule has 488 valence electrons. The van der Waals surface area contributed by atoms with Crippen molar-refractivity contribution in [2.45, 2.75) is 186 Å². The minimum absolute atomic E-state index is 0. The van der Waals surface area contributed by atoms with E-state index in [0.29, 0.717) is 11.8 Å². The van der Waals surface area contributed by atoms with Crippen molar-refractivity contribution in [3.8, 4) is 44.5 Å². The summed E-state index contributed by atoms with van der Waals surface area (Å²) in [5.41, 5.74) is 25.2. The third-order valence-electron chi connectivity index (χ3n) is 17.6. The van der Waals surface area contributed by atoms with Gasteiger partial charge in [-0.1, -0.05) is 282 Å². The van der Waals surface area contributed by atoms with Crippen LogP contribution in [0, 0.1) is 27.7 Å². The van der Waals surface area contributed by atoms with E-state index in [1.165, 1.54) is 192 Å². The Labute approximate surface area is 610 Å². The largest absolute Gasteiger partial charge is 1.00 e. The first-order chi connectivity index (χ1) is 43.3. The van der Waals surface area contributed by atoms with Crippen LogP contribution in [0.15, 0.2) is 206 Å². The summed E-state index contributed by atoms with van der Waals surface area (Å²) in [7, 11) is 0. The van der Waals surface area contributed by atoms with E-state index < -0.39 is 0 Å². The molecule has 0 fully saturated rings. The molecule has 0 saturated carbocycles. The molecule has 0 atom stereocenters. The van der Waals surface area contributed by atoms with Crippen LogP contribution in [0.4, 0.5) is 0 Å². The number of benzene rings is 8. The third kappa shape index (κ3) is 20.2.